The summed E-state index contributed by atoms with van der Waals surface area (Å²) < 4.78 is 5.83. The van der Waals surface area contributed by atoms with Crippen LogP contribution in [-0.2, 0) is 4.79 Å². The Morgan fingerprint density at radius 2 is 1.92 bits per heavy atom. The number of ether oxygens (including phenoxy) is 1. The Morgan fingerprint density at radius 3 is 2.58 bits per heavy atom. The number of rotatable bonds is 3. The van der Waals surface area contributed by atoms with Crippen LogP contribution >= 0.6 is 11.6 Å². The van der Waals surface area contributed by atoms with Gasteiger partial charge in [-0.2, -0.15) is 0 Å². The van der Waals surface area contributed by atoms with Crippen LogP contribution in [0.5, 0.6) is 5.75 Å². The van der Waals surface area contributed by atoms with Crippen molar-refractivity contribution in [1.82, 2.24) is 0 Å². The summed E-state index contributed by atoms with van der Waals surface area (Å²) in [5.41, 5.74) is 1.15. The number of carbonyl (C=O) groups excluding carboxylic acids is 2. The molecule has 0 atom stereocenters. The van der Waals surface area contributed by atoms with Gasteiger partial charge in [0.15, 0.2) is 0 Å². The van der Waals surface area contributed by atoms with E-state index in [1.54, 1.807) is 47.4 Å². The standard InChI is InChI=1S/C20H21ClN2O3/c1-4-23-16-11-15(22-18(24)13-5-7-14(21)8-6-13)9-10-17(16)26-12-20(2,3)19(23)25/h5-11H,4,12H2,1-3H3,(H,22,24). The van der Waals surface area contributed by atoms with E-state index in [1.807, 2.05) is 20.8 Å². The van der Waals surface area contributed by atoms with Crippen LogP contribution in [0.2, 0.25) is 5.02 Å². The zero-order valence-corrected chi connectivity index (χ0v) is 15.8. The highest BCUT2D eigenvalue weighted by Gasteiger charge is 2.37. The summed E-state index contributed by atoms with van der Waals surface area (Å²) in [4.78, 5) is 26.9. The smallest absolute Gasteiger partial charge is 0.255 e. The van der Waals surface area contributed by atoms with Gasteiger partial charge in [-0.3, -0.25) is 9.59 Å². The van der Waals surface area contributed by atoms with Gasteiger partial charge in [0.05, 0.1) is 11.1 Å². The molecule has 0 bridgehead atoms. The van der Waals surface area contributed by atoms with Crippen LogP contribution in [-0.4, -0.2) is 25.0 Å². The molecule has 0 saturated carbocycles. The number of fused-ring (bicyclic) bond motifs is 1. The van der Waals surface area contributed by atoms with Gasteiger partial charge in [0.1, 0.15) is 12.4 Å². The summed E-state index contributed by atoms with van der Waals surface area (Å²) in [6.07, 6.45) is 0. The van der Waals surface area contributed by atoms with Crippen molar-refractivity contribution in [1.29, 1.82) is 0 Å². The Labute approximate surface area is 157 Å². The van der Waals surface area contributed by atoms with Gasteiger partial charge in [0, 0.05) is 22.8 Å². The summed E-state index contributed by atoms with van der Waals surface area (Å²) in [6, 6.07) is 12.0. The van der Waals surface area contributed by atoms with E-state index in [2.05, 4.69) is 5.32 Å². The molecule has 1 heterocycles. The van der Waals surface area contributed by atoms with E-state index in [4.69, 9.17) is 16.3 Å². The van der Waals surface area contributed by atoms with E-state index in [-0.39, 0.29) is 11.8 Å². The van der Waals surface area contributed by atoms with E-state index < -0.39 is 5.41 Å². The predicted molar refractivity (Wildman–Crippen MR) is 103 cm³/mol. The molecule has 26 heavy (non-hydrogen) atoms. The van der Waals surface area contributed by atoms with Gasteiger partial charge < -0.3 is 15.0 Å². The van der Waals surface area contributed by atoms with E-state index >= 15 is 0 Å². The maximum absolute atomic E-state index is 12.8. The molecule has 136 valence electrons. The van der Waals surface area contributed by atoms with Crippen LogP contribution in [0.1, 0.15) is 31.1 Å². The topological polar surface area (TPSA) is 58.6 Å². The van der Waals surface area contributed by atoms with E-state index in [0.29, 0.717) is 40.9 Å². The molecule has 1 aliphatic heterocycles. The second-order valence-corrected chi connectivity index (χ2v) is 7.30. The van der Waals surface area contributed by atoms with Crippen LogP contribution in [0.25, 0.3) is 0 Å². The Morgan fingerprint density at radius 1 is 1.23 bits per heavy atom. The molecular weight excluding hydrogens is 352 g/mol. The molecule has 0 aromatic heterocycles. The first kappa shape index (κ1) is 18.3. The minimum atomic E-state index is -0.609. The van der Waals surface area contributed by atoms with Crippen LogP contribution < -0.4 is 15.0 Å². The van der Waals surface area contributed by atoms with Crippen molar-refractivity contribution in [3.05, 3.63) is 53.1 Å². The monoisotopic (exact) mass is 372 g/mol. The minimum Gasteiger partial charge on any atom is -0.490 e. The first-order chi connectivity index (χ1) is 12.3. The Bertz CT molecular complexity index is 847. The van der Waals surface area contributed by atoms with Gasteiger partial charge in [-0.15, -0.1) is 0 Å². The molecular formula is C20H21ClN2O3. The van der Waals surface area contributed by atoms with Crippen molar-refractivity contribution in [2.75, 3.05) is 23.4 Å². The molecule has 6 heteroatoms. The lowest BCUT2D eigenvalue weighted by molar-refractivity contribution is -0.127. The van der Waals surface area contributed by atoms with Gasteiger partial charge in [-0.05, 0) is 63.2 Å². The van der Waals surface area contributed by atoms with Gasteiger partial charge in [-0.25, -0.2) is 0 Å². The average Bonchev–Trinajstić information content (AvgIpc) is 2.70. The normalized spacial score (nSPS) is 15.7. The summed E-state index contributed by atoms with van der Waals surface area (Å²) in [6.45, 7) is 6.49. The number of nitrogens with zero attached hydrogens (tertiary/aromatic N) is 1. The van der Waals surface area contributed by atoms with E-state index in [1.165, 1.54) is 0 Å². The molecule has 2 amide bonds. The second-order valence-electron chi connectivity index (χ2n) is 6.87. The molecule has 2 aromatic carbocycles. The van der Waals surface area contributed by atoms with Crippen LogP contribution in [0.3, 0.4) is 0 Å². The fraction of sp³-hybridized carbons (Fsp3) is 0.300. The van der Waals surface area contributed by atoms with Crippen molar-refractivity contribution in [3.8, 4) is 5.75 Å². The third kappa shape index (κ3) is 3.53. The quantitative estimate of drug-likeness (QED) is 0.870. The molecule has 0 spiro atoms. The summed E-state index contributed by atoms with van der Waals surface area (Å²) in [7, 11) is 0. The molecule has 1 N–H and O–H groups in total. The first-order valence-corrected chi connectivity index (χ1v) is 8.85. The summed E-state index contributed by atoms with van der Waals surface area (Å²) in [5, 5.41) is 3.43. The van der Waals surface area contributed by atoms with Crippen LogP contribution in [0, 0.1) is 5.41 Å². The summed E-state index contributed by atoms with van der Waals surface area (Å²) >= 11 is 5.86. The van der Waals surface area contributed by atoms with Gasteiger partial charge in [-0.1, -0.05) is 11.6 Å². The van der Waals surface area contributed by atoms with Gasteiger partial charge in [0.25, 0.3) is 5.91 Å². The molecule has 5 nitrogen and oxygen atoms in total. The highest BCUT2D eigenvalue weighted by atomic mass is 35.5. The third-order valence-electron chi connectivity index (χ3n) is 4.34. The number of anilines is 2. The number of carbonyl (C=O) groups is 2. The van der Waals surface area contributed by atoms with E-state index in [9.17, 15) is 9.59 Å². The number of hydrogen-bond donors (Lipinski definition) is 1. The lowest BCUT2D eigenvalue weighted by Crippen LogP contribution is -2.42. The molecule has 0 unspecified atom stereocenters. The van der Waals surface area contributed by atoms with E-state index in [0.717, 1.165) is 0 Å². The lowest BCUT2D eigenvalue weighted by atomic mass is 9.93. The predicted octanol–water partition coefficient (Wildman–Crippen LogP) is 4.36. The zero-order valence-electron chi connectivity index (χ0n) is 15.0. The number of hydrogen-bond acceptors (Lipinski definition) is 3. The fourth-order valence-corrected chi connectivity index (χ4v) is 2.97. The highest BCUT2D eigenvalue weighted by molar-refractivity contribution is 6.30. The SMILES string of the molecule is CCN1C(=O)C(C)(C)COc2ccc(NC(=O)c3ccc(Cl)cc3)cc21. The van der Waals surface area contributed by atoms with Crippen molar-refractivity contribution in [2.45, 2.75) is 20.8 Å². The van der Waals surface area contributed by atoms with Gasteiger partial charge in [0.2, 0.25) is 5.91 Å². The molecule has 1 aliphatic rings. The molecule has 3 rings (SSSR count). The molecule has 0 aliphatic carbocycles. The molecule has 0 saturated heterocycles. The van der Waals surface area contributed by atoms with Crippen molar-refractivity contribution < 1.29 is 14.3 Å². The zero-order chi connectivity index (χ0) is 18.9. The van der Waals surface area contributed by atoms with Crippen LogP contribution in [0.4, 0.5) is 11.4 Å². The van der Waals surface area contributed by atoms with Gasteiger partial charge >= 0.3 is 0 Å². The Hall–Kier alpha value is -2.53. The maximum Gasteiger partial charge on any atom is 0.255 e. The molecule has 0 radical (unpaired) electrons. The van der Waals surface area contributed by atoms with Crippen molar-refractivity contribution >= 4 is 34.8 Å². The first-order valence-electron chi connectivity index (χ1n) is 8.47. The van der Waals surface area contributed by atoms with Crippen LogP contribution in [0.15, 0.2) is 42.5 Å². The Balaban J connectivity index is 1.89. The largest absolute Gasteiger partial charge is 0.490 e. The minimum absolute atomic E-state index is 0.0000669. The molecule has 2 aromatic rings. The average molecular weight is 373 g/mol. The lowest BCUT2D eigenvalue weighted by Gasteiger charge is -2.27. The molecule has 0 fully saturated rings. The second kappa shape index (κ2) is 7.00. The summed E-state index contributed by atoms with van der Waals surface area (Å²) in [5.74, 6) is 0.390. The third-order valence-corrected chi connectivity index (χ3v) is 4.59. The number of benzene rings is 2. The van der Waals surface area contributed by atoms with Crippen molar-refractivity contribution in [3.63, 3.8) is 0 Å². The maximum atomic E-state index is 12.8. The number of halogens is 1. The Kier molecular flexibility index (Phi) is 4.92. The number of amides is 2. The highest BCUT2D eigenvalue weighted by Crippen LogP contribution is 2.38. The number of nitrogens with one attached hydrogen (secondary N) is 1. The van der Waals surface area contributed by atoms with Crippen molar-refractivity contribution in [2.24, 2.45) is 5.41 Å². The fourth-order valence-electron chi connectivity index (χ4n) is 2.84.